The van der Waals surface area contributed by atoms with Gasteiger partial charge in [-0.05, 0) is 66.8 Å². The van der Waals surface area contributed by atoms with E-state index in [0.717, 1.165) is 24.3 Å². The molecule has 0 N–H and O–H groups in total. The molecule has 0 amide bonds. The third-order valence-corrected chi connectivity index (χ3v) is 5.41. The van der Waals surface area contributed by atoms with Gasteiger partial charge in [-0.25, -0.2) is 8.78 Å². The molecule has 2 aromatic rings. The number of hydrogen-bond donors (Lipinski definition) is 0. The third kappa shape index (κ3) is 4.03. The summed E-state index contributed by atoms with van der Waals surface area (Å²) in [6.45, 7) is 2.24. The normalized spacial score (nSPS) is 21.0. The molecule has 0 aromatic heterocycles. The lowest BCUT2D eigenvalue weighted by atomic mass is 9.77. The van der Waals surface area contributed by atoms with E-state index in [-0.39, 0.29) is 11.6 Å². The van der Waals surface area contributed by atoms with E-state index in [1.165, 1.54) is 44.2 Å². The molecule has 0 atom stereocenters. The second-order valence-corrected chi connectivity index (χ2v) is 7.11. The summed E-state index contributed by atoms with van der Waals surface area (Å²) in [5.41, 5.74) is 2.18. The maximum atomic E-state index is 14.5. The van der Waals surface area contributed by atoms with Crippen molar-refractivity contribution in [3.63, 3.8) is 0 Å². The first kappa shape index (κ1) is 17.1. The Bertz CT molecular complexity index is 669. The minimum Gasteiger partial charge on any atom is -0.207 e. The lowest BCUT2D eigenvalue weighted by molar-refractivity contribution is 0.304. The fraction of sp³-hybridized carbons (Fsp3) is 0.455. The van der Waals surface area contributed by atoms with Gasteiger partial charge in [0.1, 0.15) is 11.6 Å². The lowest BCUT2D eigenvalue weighted by Crippen LogP contribution is -2.13. The fourth-order valence-corrected chi connectivity index (χ4v) is 3.95. The lowest BCUT2D eigenvalue weighted by Gasteiger charge is -2.29. The number of benzene rings is 2. The Hall–Kier alpha value is -1.70. The van der Waals surface area contributed by atoms with Gasteiger partial charge in [-0.15, -0.1) is 0 Å². The first-order valence-corrected chi connectivity index (χ1v) is 9.22. The number of hydrogen-bond acceptors (Lipinski definition) is 0. The Morgan fingerprint density at radius 1 is 0.958 bits per heavy atom. The molecule has 24 heavy (non-hydrogen) atoms. The predicted molar refractivity (Wildman–Crippen MR) is 96.0 cm³/mol. The Labute approximate surface area is 143 Å². The van der Waals surface area contributed by atoms with Crippen molar-refractivity contribution in [2.45, 2.75) is 57.8 Å². The average Bonchev–Trinajstić information content (AvgIpc) is 2.60. The summed E-state index contributed by atoms with van der Waals surface area (Å²) in [6, 6.07) is 11.6. The first-order valence-electron chi connectivity index (χ1n) is 9.22. The highest BCUT2D eigenvalue weighted by molar-refractivity contribution is 5.64. The van der Waals surface area contributed by atoms with Gasteiger partial charge in [-0.1, -0.05) is 50.5 Å². The minimum absolute atomic E-state index is 0.244. The maximum absolute atomic E-state index is 14.5. The molecule has 0 heterocycles. The minimum atomic E-state index is -0.332. The van der Waals surface area contributed by atoms with Crippen LogP contribution in [0.5, 0.6) is 0 Å². The van der Waals surface area contributed by atoms with Gasteiger partial charge in [-0.3, -0.25) is 0 Å². The number of rotatable bonds is 5. The van der Waals surface area contributed by atoms with Crippen LogP contribution in [0.25, 0.3) is 11.1 Å². The highest BCUT2D eigenvalue weighted by Crippen LogP contribution is 2.38. The zero-order chi connectivity index (χ0) is 16.9. The first-order chi connectivity index (χ1) is 11.7. The molecular formula is C22H26F2. The summed E-state index contributed by atoms with van der Waals surface area (Å²) < 4.78 is 27.9. The third-order valence-electron chi connectivity index (χ3n) is 5.41. The highest BCUT2D eigenvalue weighted by Gasteiger charge is 2.22. The summed E-state index contributed by atoms with van der Waals surface area (Å²) in [5.74, 6) is 0.754. The standard InChI is InChI=1S/C22H26F2/c1-2-3-5-16-8-10-17(11-9-16)18-12-13-21(22(24)15-18)19-6-4-7-20(23)14-19/h4,6-7,12-17H,2-3,5,8-11H2,1H3. The van der Waals surface area contributed by atoms with Crippen LogP contribution < -0.4 is 0 Å². The maximum Gasteiger partial charge on any atom is 0.131 e. The van der Waals surface area contributed by atoms with Crippen LogP contribution in [-0.2, 0) is 0 Å². The van der Waals surface area contributed by atoms with E-state index in [1.54, 1.807) is 18.2 Å². The fourth-order valence-electron chi connectivity index (χ4n) is 3.95. The summed E-state index contributed by atoms with van der Waals surface area (Å²) >= 11 is 0. The Morgan fingerprint density at radius 3 is 2.42 bits per heavy atom. The van der Waals surface area contributed by atoms with Gasteiger partial charge in [0, 0.05) is 5.56 Å². The molecule has 0 nitrogen and oxygen atoms in total. The van der Waals surface area contributed by atoms with Crippen molar-refractivity contribution in [2.24, 2.45) is 5.92 Å². The summed E-state index contributed by atoms with van der Waals surface area (Å²) in [7, 11) is 0. The summed E-state index contributed by atoms with van der Waals surface area (Å²) in [5, 5.41) is 0. The van der Waals surface area contributed by atoms with Crippen LogP contribution in [0.1, 0.15) is 63.4 Å². The Kier molecular flexibility index (Phi) is 5.65. The molecule has 1 aliphatic carbocycles. The average molecular weight is 328 g/mol. The van der Waals surface area contributed by atoms with Crippen LogP contribution >= 0.6 is 0 Å². The van der Waals surface area contributed by atoms with Gasteiger partial charge in [0.15, 0.2) is 0 Å². The molecule has 128 valence electrons. The van der Waals surface area contributed by atoms with Crippen LogP contribution in [0.3, 0.4) is 0 Å². The molecule has 0 bridgehead atoms. The van der Waals surface area contributed by atoms with Crippen molar-refractivity contribution in [2.75, 3.05) is 0 Å². The van der Waals surface area contributed by atoms with Crippen molar-refractivity contribution in [1.82, 2.24) is 0 Å². The van der Waals surface area contributed by atoms with Crippen molar-refractivity contribution >= 4 is 0 Å². The Balaban J connectivity index is 1.69. The van der Waals surface area contributed by atoms with Crippen LogP contribution in [0.4, 0.5) is 8.78 Å². The molecule has 1 fully saturated rings. The molecule has 2 heteroatoms. The van der Waals surface area contributed by atoms with Crippen LogP contribution in [0.15, 0.2) is 42.5 Å². The summed E-state index contributed by atoms with van der Waals surface area (Å²) in [4.78, 5) is 0. The van der Waals surface area contributed by atoms with Gasteiger partial charge in [0.25, 0.3) is 0 Å². The Morgan fingerprint density at radius 2 is 1.75 bits per heavy atom. The van der Waals surface area contributed by atoms with E-state index in [0.29, 0.717) is 17.0 Å². The molecular weight excluding hydrogens is 302 g/mol. The predicted octanol–water partition coefficient (Wildman–Crippen LogP) is 7.10. The molecule has 1 aliphatic rings. The van der Waals surface area contributed by atoms with E-state index in [9.17, 15) is 8.78 Å². The van der Waals surface area contributed by atoms with Crippen LogP contribution in [0.2, 0.25) is 0 Å². The molecule has 3 rings (SSSR count). The smallest absolute Gasteiger partial charge is 0.131 e. The highest BCUT2D eigenvalue weighted by atomic mass is 19.1. The monoisotopic (exact) mass is 328 g/mol. The SMILES string of the molecule is CCCCC1CCC(c2ccc(-c3cccc(F)c3)c(F)c2)CC1. The molecule has 1 saturated carbocycles. The molecule has 2 aromatic carbocycles. The second-order valence-electron chi connectivity index (χ2n) is 7.11. The van der Waals surface area contributed by atoms with Crippen molar-refractivity contribution in [3.05, 3.63) is 59.7 Å². The molecule has 0 radical (unpaired) electrons. The molecule has 0 unspecified atom stereocenters. The van der Waals surface area contributed by atoms with E-state index in [2.05, 4.69) is 6.92 Å². The van der Waals surface area contributed by atoms with Crippen molar-refractivity contribution in [1.29, 1.82) is 0 Å². The molecule has 0 spiro atoms. The topological polar surface area (TPSA) is 0 Å². The van der Waals surface area contributed by atoms with Gasteiger partial charge < -0.3 is 0 Å². The number of halogens is 2. The van der Waals surface area contributed by atoms with Crippen molar-refractivity contribution in [3.8, 4) is 11.1 Å². The van der Waals surface area contributed by atoms with Gasteiger partial charge >= 0.3 is 0 Å². The van der Waals surface area contributed by atoms with E-state index >= 15 is 0 Å². The van der Waals surface area contributed by atoms with E-state index in [1.807, 2.05) is 12.1 Å². The van der Waals surface area contributed by atoms with Crippen LogP contribution in [0, 0.1) is 17.6 Å². The zero-order valence-electron chi connectivity index (χ0n) is 14.4. The van der Waals surface area contributed by atoms with Crippen LogP contribution in [-0.4, -0.2) is 0 Å². The quantitative estimate of drug-likeness (QED) is 0.549. The van der Waals surface area contributed by atoms with E-state index in [4.69, 9.17) is 0 Å². The van der Waals surface area contributed by atoms with Gasteiger partial charge in [-0.2, -0.15) is 0 Å². The molecule has 0 aliphatic heterocycles. The van der Waals surface area contributed by atoms with Gasteiger partial charge in [0.05, 0.1) is 0 Å². The molecule has 0 saturated heterocycles. The van der Waals surface area contributed by atoms with Crippen molar-refractivity contribution < 1.29 is 8.78 Å². The number of unbranched alkanes of at least 4 members (excludes halogenated alkanes) is 1. The largest absolute Gasteiger partial charge is 0.207 e. The van der Waals surface area contributed by atoms with E-state index < -0.39 is 0 Å². The zero-order valence-corrected chi connectivity index (χ0v) is 14.4. The summed E-state index contributed by atoms with van der Waals surface area (Å²) in [6.07, 6.45) is 8.78. The van der Waals surface area contributed by atoms with Gasteiger partial charge in [0.2, 0.25) is 0 Å². The second kappa shape index (κ2) is 7.92.